The van der Waals surface area contributed by atoms with E-state index >= 15 is 0 Å². The molecule has 2 nitrogen and oxygen atoms in total. The molecule has 2 heteroatoms. The van der Waals surface area contributed by atoms with E-state index in [-0.39, 0.29) is 0 Å². The van der Waals surface area contributed by atoms with E-state index in [0.717, 1.165) is 35.7 Å². The molecule has 2 aromatic rings. The summed E-state index contributed by atoms with van der Waals surface area (Å²) in [5.74, 6) is 0.417. The van der Waals surface area contributed by atoms with Crippen molar-refractivity contribution in [3.05, 3.63) is 42.1 Å². The van der Waals surface area contributed by atoms with E-state index < -0.39 is 5.60 Å². The molecule has 0 spiro atoms. The predicted molar refractivity (Wildman–Crippen MR) is 68.7 cm³/mol. The van der Waals surface area contributed by atoms with Crippen molar-refractivity contribution in [2.75, 3.05) is 0 Å². The third-order valence-corrected chi connectivity index (χ3v) is 3.89. The Morgan fingerprint density at radius 2 is 2.06 bits per heavy atom. The van der Waals surface area contributed by atoms with Gasteiger partial charge in [-0.25, -0.2) is 0 Å². The van der Waals surface area contributed by atoms with Crippen molar-refractivity contribution >= 4 is 10.9 Å². The first-order valence-corrected chi connectivity index (χ1v) is 6.32. The van der Waals surface area contributed by atoms with Crippen LogP contribution < -0.4 is 0 Å². The maximum Gasteiger partial charge on any atom is 0.0942 e. The van der Waals surface area contributed by atoms with Gasteiger partial charge in [-0.2, -0.15) is 0 Å². The number of pyridine rings is 1. The Bertz CT molecular complexity index is 542. The maximum atomic E-state index is 10.9. The van der Waals surface area contributed by atoms with Gasteiger partial charge in [-0.05, 0) is 31.2 Å². The van der Waals surface area contributed by atoms with Crippen molar-refractivity contribution < 1.29 is 5.11 Å². The number of benzene rings is 1. The van der Waals surface area contributed by atoms with Crippen LogP contribution >= 0.6 is 0 Å². The van der Waals surface area contributed by atoms with E-state index in [9.17, 15) is 5.11 Å². The zero-order valence-electron chi connectivity index (χ0n) is 10.1. The molecule has 1 fully saturated rings. The lowest BCUT2D eigenvalue weighted by Gasteiger charge is -2.28. The average molecular weight is 227 g/mol. The molecular weight excluding hydrogens is 210 g/mol. The van der Waals surface area contributed by atoms with Gasteiger partial charge in [0.05, 0.1) is 11.1 Å². The van der Waals surface area contributed by atoms with E-state index in [1.807, 2.05) is 18.2 Å². The maximum absolute atomic E-state index is 10.9. The highest BCUT2D eigenvalue weighted by Gasteiger charge is 2.44. The molecule has 0 bridgehead atoms. The van der Waals surface area contributed by atoms with Gasteiger partial charge in [-0.3, -0.25) is 4.98 Å². The molecule has 0 saturated heterocycles. The molecule has 1 saturated carbocycles. The summed E-state index contributed by atoms with van der Waals surface area (Å²) in [4.78, 5) is 4.45. The van der Waals surface area contributed by atoms with Gasteiger partial charge in [0.2, 0.25) is 0 Å². The minimum atomic E-state index is -0.687. The van der Waals surface area contributed by atoms with Crippen LogP contribution in [0.1, 0.15) is 31.7 Å². The number of rotatable bonds is 3. The zero-order valence-corrected chi connectivity index (χ0v) is 10.1. The molecule has 0 radical (unpaired) electrons. The van der Waals surface area contributed by atoms with Crippen LogP contribution in [0.5, 0.6) is 0 Å². The number of para-hydroxylation sites is 1. The SMILES string of the molecule is CCC(O)(c1cccc2cccnc12)C1CC1. The summed E-state index contributed by atoms with van der Waals surface area (Å²) < 4.78 is 0. The summed E-state index contributed by atoms with van der Waals surface area (Å²) >= 11 is 0. The molecule has 1 aliphatic rings. The first-order chi connectivity index (χ1) is 8.25. The van der Waals surface area contributed by atoms with Gasteiger partial charge in [0.1, 0.15) is 0 Å². The van der Waals surface area contributed by atoms with Gasteiger partial charge in [0.15, 0.2) is 0 Å². The van der Waals surface area contributed by atoms with Crippen LogP contribution in [0, 0.1) is 5.92 Å². The summed E-state index contributed by atoms with van der Waals surface area (Å²) in [6.07, 6.45) is 4.82. The molecule has 0 aliphatic heterocycles. The lowest BCUT2D eigenvalue weighted by Crippen LogP contribution is -2.27. The average Bonchev–Trinajstić information content (AvgIpc) is 3.22. The van der Waals surface area contributed by atoms with Crippen molar-refractivity contribution in [3.63, 3.8) is 0 Å². The van der Waals surface area contributed by atoms with Crippen LogP contribution in [0.3, 0.4) is 0 Å². The number of aliphatic hydroxyl groups is 1. The molecule has 1 aromatic heterocycles. The Hall–Kier alpha value is -1.41. The van der Waals surface area contributed by atoms with Crippen LogP contribution in [0.2, 0.25) is 0 Å². The Morgan fingerprint density at radius 3 is 2.76 bits per heavy atom. The highest BCUT2D eigenvalue weighted by Crippen LogP contribution is 2.48. The summed E-state index contributed by atoms with van der Waals surface area (Å²) in [5, 5.41) is 12.0. The molecular formula is C15H17NO. The second kappa shape index (κ2) is 3.81. The minimum Gasteiger partial charge on any atom is -0.385 e. The number of hydrogen-bond donors (Lipinski definition) is 1. The van der Waals surface area contributed by atoms with Crippen molar-refractivity contribution in [1.82, 2.24) is 4.98 Å². The lowest BCUT2D eigenvalue weighted by molar-refractivity contribution is 0.0102. The first-order valence-electron chi connectivity index (χ1n) is 6.32. The Kier molecular flexibility index (Phi) is 2.40. The first kappa shape index (κ1) is 10.7. The molecule has 3 rings (SSSR count). The normalized spacial score (nSPS) is 19.2. The molecule has 1 aromatic carbocycles. The smallest absolute Gasteiger partial charge is 0.0942 e. The van der Waals surface area contributed by atoms with E-state index in [2.05, 4.69) is 24.0 Å². The Balaban J connectivity index is 2.22. The minimum absolute atomic E-state index is 0.417. The second-order valence-corrected chi connectivity index (χ2v) is 4.93. The van der Waals surface area contributed by atoms with E-state index in [1.165, 1.54) is 0 Å². The number of nitrogens with zero attached hydrogens (tertiary/aromatic N) is 1. The molecule has 1 aliphatic carbocycles. The third-order valence-electron chi connectivity index (χ3n) is 3.89. The summed E-state index contributed by atoms with van der Waals surface area (Å²) in [5.41, 5.74) is 1.26. The molecule has 1 N–H and O–H groups in total. The molecule has 1 heterocycles. The fraction of sp³-hybridized carbons (Fsp3) is 0.400. The number of aromatic nitrogens is 1. The molecule has 88 valence electrons. The summed E-state index contributed by atoms with van der Waals surface area (Å²) in [6, 6.07) is 10.1. The van der Waals surface area contributed by atoms with Crippen LogP contribution in [0.25, 0.3) is 10.9 Å². The summed E-state index contributed by atoms with van der Waals surface area (Å²) in [6.45, 7) is 2.06. The topological polar surface area (TPSA) is 33.1 Å². The highest BCUT2D eigenvalue weighted by molar-refractivity contribution is 5.82. The monoisotopic (exact) mass is 227 g/mol. The van der Waals surface area contributed by atoms with E-state index in [4.69, 9.17) is 0 Å². The standard InChI is InChI=1S/C15H17NO/c1-2-15(17,12-8-9-12)13-7-3-5-11-6-4-10-16-14(11)13/h3-7,10,12,17H,2,8-9H2,1H3. The Labute approximate surface area is 101 Å². The molecule has 0 amide bonds. The zero-order chi connectivity index (χ0) is 11.9. The van der Waals surface area contributed by atoms with Crippen LogP contribution in [0.15, 0.2) is 36.5 Å². The van der Waals surface area contributed by atoms with E-state index in [1.54, 1.807) is 6.20 Å². The highest BCUT2D eigenvalue weighted by atomic mass is 16.3. The van der Waals surface area contributed by atoms with Gasteiger partial charge in [-0.15, -0.1) is 0 Å². The van der Waals surface area contributed by atoms with Crippen molar-refractivity contribution in [2.24, 2.45) is 5.92 Å². The van der Waals surface area contributed by atoms with Crippen molar-refractivity contribution in [2.45, 2.75) is 31.8 Å². The second-order valence-electron chi connectivity index (χ2n) is 4.93. The molecule has 17 heavy (non-hydrogen) atoms. The Morgan fingerprint density at radius 1 is 1.29 bits per heavy atom. The van der Waals surface area contributed by atoms with Crippen LogP contribution in [-0.2, 0) is 5.60 Å². The van der Waals surface area contributed by atoms with E-state index in [0.29, 0.717) is 5.92 Å². The van der Waals surface area contributed by atoms with Crippen molar-refractivity contribution in [1.29, 1.82) is 0 Å². The summed E-state index contributed by atoms with van der Waals surface area (Å²) in [7, 11) is 0. The molecule has 1 atom stereocenters. The van der Waals surface area contributed by atoms with Crippen molar-refractivity contribution in [3.8, 4) is 0 Å². The molecule has 1 unspecified atom stereocenters. The lowest BCUT2D eigenvalue weighted by atomic mass is 9.85. The fourth-order valence-corrected chi connectivity index (χ4v) is 2.71. The van der Waals surface area contributed by atoms with Gasteiger partial charge in [0.25, 0.3) is 0 Å². The van der Waals surface area contributed by atoms with Crippen LogP contribution in [0.4, 0.5) is 0 Å². The third kappa shape index (κ3) is 1.64. The van der Waals surface area contributed by atoms with Gasteiger partial charge in [0, 0.05) is 17.1 Å². The van der Waals surface area contributed by atoms with Gasteiger partial charge < -0.3 is 5.11 Å². The number of hydrogen-bond acceptors (Lipinski definition) is 2. The predicted octanol–water partition coefficient (Wildman–Crippen LogP) is 3.24. The largest absolute Gasteiger partial charge is 0.385 e. The quantitative estimate of drug-likeness (QED) is 0.873. The number of fused-ring (bicyclic) bond motifs is 1. The van der Waals surface area contributed by atoms with Gasteiger partial charge in [-0.1, -0.05) is 31.2 Å². The fourth-order valence-electron chi connectivity index (χ4n) is 2.71. The van der Waals surface area contributed by atoms with Crippen LogP contribution in [-0.4, -0.2) is 10.1 Å². The van der Waals surface area contributed by atoms with Gasteiger partial charge >= 0.3 is 0 Å².